The van der Waals surface area contributed by atoms with Gasteiger partial charge < -0.3 is 15.5 Å². The van der Waals surface area contributed by atoms with Crippen LogP contribution in [0.2, 0.25) is 0 Å². The second-order valence-corrected chi connectivity index (χ2v) is 6.16. The SMILES string of the molecule is Cc1cc(N2CCCN(c3nc(C)cs3)CC2)nc(N)n1. The van der Waals surface area contributed by atoms with Crippen LogP contribution in [-0.4, -0.2) is 41.1 Å². The van der Waals surface area contributed by atoms with Crippen LogP contribution in [0.1, 0.15) is 17.8 Å². The summed E-state index contributed by atoms with van der Waals surface area (Å²) in [6.45, 7) is 7.88. The largest absolute Gasteiger partial charge is 0.368 e. The van der Waals surface area contributed by atoms with Crippen molar-refractivity contribution in [2.75, 3.05) is 41.7 Å². The van der Waals surface area contributed by atoms with Crippen molar-refractivity contribution in [3.8, 4) is 0 Å². The van der Waals surface area contributed by atoms with Gasteiger partial charge in [-0.15, -0.1) is 11.3 Å². The molecule has 3 heterocycles. The van der Waals surface area contributed by atoms with Crippen LogP contribution >= 0.6 is 11.3 Å². The number of nitrogens with two attached hydrogens (primary N) is 1. The van der Waals surface area contributed by atoms with Crippen molar-refractivity contribution >= 4 is 28.2 Å². The number of thiazole rings is 1. The summed E-state index contributed by atoms with van der Waals surface area (Å²) in [5, 5.41) is 3.22. The zero-order valence-electron chi connectivity index (χ0n) is 12.4. The Labute approximate surface area is 128 Å². The third-order valence-corrected chi connectivity index (χ3v) is 4.57. The van der Waals surface area contributed by atoms with Crippen LogP contribution in [0.3, 0.4) is 0 Å². The van der Waals surface area contributed by atoms with Gasteiger partial charge in [-0.3, -0.25) is 0 Å². The van der Waals surface area contributed by atoms with Gasteiger partial charge in [0.25, 0.3) is 0 Å². The van der Waals surface area contributed by atoms with Crippen LogP contribution in [0.25, 0.3) is 0 Å². The lowest BCUT2D eigenvalue weighted by molar-refractivity contribution is 0.795. The number of hydrogen-bond acceptors (Lipinski definition) is 7. The third-order valence-electron chi connectivity index (χ3n) is 3.56. The maximum Gasteiger partial charge on any atom is 0.222 e. The predicted octanol–water partition coefficient (Wildman–Crippen LogP) is 1.85. The highest BCUT2D eigenvalue weighted by Crippen LogP contribution is 2.23. The van der Waals surface area contributed by atoms with Crippen LogP contribution in [-0.2, 0) is 0 Å². The molecule has 3 rings (SSSR count). The molecule has 1 fully saturated rings. The standard InChI is InChI=1S/C14H20N6S/c1-10-8-12(18-13(15)16-10)19-4-3-5-20(7-6-19)14-17-11(2)9-21-14/h8-9H,3-7H2,1-2H3,(H2,15,16,18). The second-order valence-electron chi connectivity index (χ2n) is 5.32. The quantitative estimate of drug-likeness (QED) is 0.913. The van der Waals surface area contributed by atoms with E-state index in [1.807, 2.05) is 19.9 Å². The normalized spacial score (nSPS) is 16.1. The second kappa shape index (κ2) is 5.85. The summed E-state index contributed by atoms with van der Waals surface area (Å²) < 4.78 is 0. The van der Waals surface area contributed by atoms with Crippen LogP contribution < -0.4 is 15.5 Å². The molecule has 6 nitrogen and oxygen atoms in total. The Morgan fingerprint density at radius 3 is 2.48 bits per heavy atom. The third kappa shape index (κ3) is 3.24. The molecule has 0 bridgehead atoms. The zero-order valence-corrected chi connectivity index (χ0v) is 13.2. The summed E-state index contributed by atoms with van der Waals surface area (Å²) in [4.78, 5) is 17.7. The molecular formula is C14H20N6S. The Hall–Kier alpha value is -1.89. The molecule has 0 aromatic carbocycles. The average Bonchev–Trinajstić information content (AvgIpc) is 2.72. The first kappa shape index (κ1) is 14.1. The molecule has 2 aromatic heterocycles. The number of rotatable bonds is 2. The van der Waals surface area contributed by atoms with Crippen molar-refractivity contribution in [3.05, 3.63) is 22.8 Å². The van der Waals surface area contributed by atoms with E-state index < -0.39 is 0 Å². The average molecular weight is 304 g/mol. The molecule has 0 unspecified atom stereocenters. The molecule has 0 atom stereocenters. The number of aryl methyl sites for hydroxylation is 2. The Morgan fingerprint density at radius 2 is 1.76 bits per heavy atom. The lowest BCUT2D eigenvalue weighted by Gasteiger charge is -2.22. The first-order chi connectivity index (χ1) is 10.1. The number of anilines is 3. The first-order valence-electron chi connectivity index (χ1n) is 7.15. The molecule has 0 amide bonds. The lowest BCUT2D eigenvalue weighted by atomic mass is 10.3. The first-order valence-corrected chi connectivity index (χ1v) is 8.03. The minimum absolute atomic E-state index is 0.349. The highest BCUT2D eigenvalue weighted by Gasteiger charge is 2.18. The molecule has 2 N–H and O–H groups in total. The fraction of sp³-hybridized carbons (Fsp3) is 0.500. The molecule has 0 spiro atoms. The van der Waals surface area contributed by atoms with Gasteiger partial charge in [0, 0.05) is 43.3 Å². The van der Waals surface area contributed by atoms with Crippen LogP contribution in [0, 0.1) is 13.8 Å². The van der Waals surface area contributed by atoms with E-state index in [4.69, 9.17) is 5.73 Å². The van der Waals surface area contributed by atoms with Gasteiger partial charge in [-0.2, -0.15) is 4.98 Å². The van der Waals surface area contributed by atoms with Gasteiger partial charge in [-0.1, -0.05) is 0 Å². The highest BCUT2D eigenvalue weighted by atomic mass is 32.1. The minimum atomic E-state index is 0.349. The summed E-state index contributed by atoms with van der Waals surface area (Å²) in [6, 6.07) is 2.00. The Balaban J connectivity index is 1.73. The van der Waals surface area contributed by atoms with E-state index in [0.29, 0.717) is 5.95 Å². The van der Waals surface area contributed by atoms with E-state index in [1.54, 1.807) is 11.3 Å². The van der Waals surface area contributed by atoms with E-state index in [9.17, 15) is 0 Å². The summed E-state index contributed by atoms with van der Waals surface area (Å²) in [7, 11) is 0. The number of aromatic nitrogens is 3. The van der Waals surface area contributed by atoms with Crippen molar-refractivity contribution in [2.45, 2.75) is 20.3 Å². The zero-order chi connectivity index (χ0) is 14.8. The maximum absolute atomic E-state index is 5.76. The Bertz CT molecular complexity index is 605. The van der Waals surface area contributed by atoms with Crippen molar-refractivity contribution in [2.24, 2.45) is 0 Å². The molecule has 0 aliphatic carbocycles. The minimum Gasteiger partial charge on any atom is -0.368 e. The molecule has 0 saturated carbocycles. The molecule has 21 heavy (non-hydrogen) atoms. The van der Waals surface area contributed by atoms with Crippen LogP contribution in [0.4, 0.5) is 16.9 Å². The van der Waals surface area contributed by atoms with Gasteiger partial charge in [0.2, 0.25) is 5.95 Å². The van der Waals surface area contributed by atoms with Crippen molar-refractivity contribution in [1.29, 1.82) is 0 Å². The van der Waals surface area contributed by atoms with Crippen molar-refractivity contribution in [3.63, 3.8) is 0 Å². The highest BCUT2D eigenvalue weighted by molar-refractivity contribution is 7.13. The molecule has 1 aliphatic rings. The van der Waals surface area contributed by atoms with E-state index in [2.05, 4.69) is 30.1 Å². The van der Waals surface area contributed by atoms with Gasteiger partial charge in [0.15, 0.2) is 5.13 Å². The molecular weight excluding hydrogens is 284 g/mol. The molecule has 7 heteroatoms. The number of nitrogens with zero attached hydrogens (tertiary/aromatic N) is 5. The molecule has 112 valence electrons. The fourth-order valence-corrected chi connectivity index (χ4v) is 3.42. The fourth-order valence-electron chi connectivity index (χ4n) is 2.56. The maximum atomic E-state index is 5.76. The van der Waals surface area contributed by atoms with Gasteiger partial charge in [0.1, 0.15) is 5.82 Å². The number of hydrogen-bond donors (Lipinski definition) is 1. The van der Waals surface area contributed by atoms with Gasteiger partial charge in [0.05, 0.1) is 5.69 Å². The van der Waals surface area contributed by atoms with Crippen molar-refractivity contribution in [1.82, 2.24) is 15.0 Å². The monoisotopic (exact) mass is 304 g/mol. The van der Waals surface area contributed by atoms with Crippen LogP contribution in [0.5, 0.6) is 0 Å². The van der Waals surface area contributed by atoms with E-state index in [-0.39, 0.29) is 0 Å². The van der Waals surface area contributed by atoms with Gasteiger partial charge in [-0.25, -0.2) is 9.97 Å². The summed E-state index contributed by atoms with van der Waals surface area (Å²) in [6.07, 6.45) is 1.08. The smallest absolute Gasteiger partial charge is 0.222 e. The molecule has 1 saturated heterocycles. The topological polar surface area (TPSA) is 71.2 Å². The van der Waals surface area contributed by atoms with E-state index in [0.717, 1.165) is 54.9 Å². The Kier molecular flexibility index (Phi) is 3.92. The predicted molar refractivity (Wildman–Crippen MR) is 87.1 cm³/mol. The van der Waals surface area contributed by atoms with Gasteiger partial charge in [-0.05, 0) is 20.3 Å². The summed E-state index contributed by atoms with van der Waals surface area (Å²) in [5.41, 5.74) is 7.76. The number of nitrogen functional groups attached to an aromatic ring is 1. The van der Waals surface area contributed by atoms with Crippen LogP contribution in [0.15, 0.2) is 11.4 Å². The summed E-state index contributed by atoms with van der Waals surface area (Å²) in [5.74, 6) is 1.28. The lowest BCUT2D eigenvalue weighted by Crippen LogP contribution is -2.31. The summed E-state index contributed by atoms with van der Waals surface area (Å²) >= 11 is 1.72. The van der Waals surface area contributed by atoms with E-state index in [1.165, 1.54) is 0 Å². The van der Waals surface area contributed by atoms with Gasteiger partial charge >= 0.3 is 0 Å². The van der Waals surface area contributed by atoms with Crippen molar-refractivity contribution < 1.29 is 0 Å². The molecule has 1 aliphatic heterocycles. The molecule has 2 aromatic rings. The molecule has 0 radical (unpaired) electrons. The Morgan fingerprint density at radius 1 is 1.00 bits per heavy atom. The van der Waals surface area contributed by atoms with E-state index >= 15 is 0 Å².